The van der Waals surface area contributed by atoms with Crippen molar-refractivity contribution < 1.29 is 9.59 Å². The summed E-state index contributed by atoms with van der Waals surface area (Å²) in [6.45, 7) is 2.27. The zero-order valence-corrected chi connectivity index (χ0v) is 11.3. The molecule has 0 spiro atoms. The highest BCUT2D eigenvalue weighted by Gasteiger charge is 2.25. The fourth-order valence-corrected chi connectivity index (χ4v) is 2.29. The van der Waals surface area contributed by atoms with E-state index in [9.17, 15) is 9.59 Å². The van der Waals surface area contributed by atoms with Gasteiger partial charge in [0, 0.05) is 6.42 Å². The minimum absolute atomic E-state index is 0.0402. The van der Waals surface area contributed by atoms with E-state index in [1.807, 2.05) is 24.3 Å². The number of benzene rings is 1. The van der Waals surface area contributed by atoms with Crippen molar-refractivity contribution in [3.8, 4) is 0 Å². The second-order valence-electron chi connectivity index (χ2n) is 4.86. The number of amides is 2. The van der Waals surface area contributed by atoms with Crippen molar-refractivity contribution in [3.05, 3.63) is 24.3 Å². The number of nitrogens with one attached hydrogen (secondary N) is 1. The van der Waals surface area contributed by atoms with Crippen molar-refractivity contribution in [1.29, 1.82) is 0 Å². The summed E-state index contributed by atoms with van der Waals surface area (Å²) in [6.07, 6.45) is 4.80. The maximum atomic E-state index is 12.2. The van der Waals surface area contributed by atoms with E-state index in [4.69, 9.17) is 0 Å². The average molecular weight is 260 g/mol. The summed E-state index contributed by atoms with van der Waals surface area (Å²) in [7, 11) is 0. The molecule has 0 aliphatic carbocycles. The minimum Gasteiger partial charge on any atom is -0.323 e. The van der Waals surface area contributed by atoms with Crippen LogP contribution in [-0.2, 0) is 9.59 Å². The Hall–Kier alpha value is -1.84. The lowest BCUT2D eigenvalue weighted by atomic mass is 10.1. The van der Waals surface area contributed by atoms with Gasteiger partial charge in [0.1, 0.15) is 6.54 Å². The number of rotatable bonds is 5. The van der Waals surface area contributed by atoms with Crippen molar-refractivity contribution in [2.45, 2.75) is 39.0 Å². The average Bonchev–Trinajstić information content (AvgIpc) is 2.42. The van der Waals surface area contributed by atoms with Gasteiger partial charge in [0.2, 0.25) is 11.8 Å². The molecule has 0 bridgehead atoms. The van der Waals surface area contributed by atoms with E-state index in [0.29, 0.717) is 6.42 Å². The van der Waals surface area contributed by atoms with Crippen molar-refractivity contribution in [2.24, 2.45) is 0 Å². The Labute approximate surface area is 113 Å². The van der Waals surface area contributed by atoms with Crippen molar-refractivity contribution in [2.75, 3.05) is 16.8 Å². The quantitative estimate of drug-likeness (QED) is 0.827. The van der Waals surface area contributed by atoms with E-state index in [1.54, 1.807) is 4.90 Å². The van der Waals surface area contributed by atoms with Gasteiger partial charge in [0.15, 0.2) is 0 Å². The summed E-state index contributed by atoms with van der Waals surface area (Å²) in [6, 6.07) is 7.44. The molecule has 2 amide bonds. The molecule has 4 heteroatoms. The smallest absolute Gasteiger partial charge is 0.244 e. The SMILES string of the molecule is CCCCCCC(=O)N1CC(=O)Nc2ccccc21. The van der Waals surface area contributed by atoms with Crippen LogP contribution < -0.4 is 10.2 Å². The molecular weight excluding hydrogens is 240 g/mol. The number of nitrogens with zero attached hydrogens (tertiary/aromatic N) is 1. The van der Waals surface area contributed by atoms with Gasteiger partial charge in [-0.05, 0) is 18.6 Å². The first-order valence-electron chi connectivity index (χ1n) is 6.91. The molecule has 102 valence electrons. The first-order chi connectivity index (χ1) is 9.22. The largest absolute Gasteiger partial charge is 0.323 e. The Bertz CT molecular complexity index is 471. The third-order valence-electron chi connectivity index (χ3n) is 3.32. The number of anilines is 2. The lowest BCUT2D eigenvalue weighted by Crippen LogP contribution is -2.42. The van der Waals surface area contributed by atoms with E-state index in [0.717, 1.165) is 37.1 Å². The van der Waals surface area contributed by atoms with Gasteiger partial charge < -0.3 is 10.2 Å². The summed E-state index contributed by atoms with van der Waals surface area (Å²) in [5.74, 6) is -0.0842. The first-order valence-corrected chi connectivity index (χ1v) is 6.91. The fraction of sp³-hybridized carbons (Fsp3) is 0.467. The Morgan fingerprint density at radius 1 is 1.26 bits per heavy atom. The third-order valence-corrected chi connectivity index (χ3v) is 3.32. The molecule has 0 saturated heterocycles. The highest BCUT2D eigenvalue weighted by Crippen LogP contribution is 2.29. The maximum Gasteiger partial charge on any atom is 0.244 e. The normalized spacial score (nSPS) is 13.9. The summed E-state index contributed by atoms with van der Waals surface area (Å²) < 4.78 is 0. The van der Waals surface area contributed by atoms with Crippen LogP contribution in [0.4, 0.5) is 11.4 Å². The second-order valence-corrected chi connectivity index (χ2v) is 4.86. The first kappa shape index (κ1) is 13.6. The number of carbonyl (C=O) groups is 2. The molecule has 0 unspecified atom stereocenters. The Morgan fingerprint density at radius 3 is 2.84 bits per heavy atom. The van der Waals surface area contributed by atoms with Gasteiger partial charge in [-0.2, -0.15) is 0 Å². The van der Waals surface area contributed by atoms with Crippen molar-refractivity contribution >= 4 is 23.2 Å². The number of hydrogen-bond donors (Lipinski definition) is 1. The Morgan fingerprint density at radius 2 is 2.05 bits per heavy atom. The molecule has 1 N–H and O–H groups in total. The van der Waals surface area contributed by atoms with Crippen molar-refractivity contribution in [3.63, 3.8) is 0 Å². The van der Waals surface area contributed by atoms with Gasteiger partial charge in [0.05, 0.1) is 11.4 Å². The molecule has 0 aromatic heterocycles. The molecule has 1 aliphatic rings. The molecule has 0 radical (unpaired) electrons. The number of unbranched alkanes of at least 4 members (excludes halogenated alkanes) is 3. The van der Waals surface area contributed by atoms with Crippen LogP contribution in [0.2, 0.25) is 0 Å². The van der Waals surface area contributed by atoms with Crippen LogP contribution in [0, 0.1) is 0 Å². The topological polar surface area (TPSA) is 49.4 Å². The van der Waals surface area contributed by atoms with Crippen LogP contribution in [-0.4, -0.2) is 18.4 Å². The molecule has 1 aromatic carbocycles. The standard InChI is InChI=1S/C15H20N2O2/c1-2-3-4-5-10-15(19)17-11-14(18)16-12-8-6-7-9-13(12)17/h6-9H,2-5,10-11H2,1H3,(H,16,18). The maximum absolute atomic E-state index is 12.2. The van der Waals surface area contributed by atoms with E-state index < -0.39 is 0 Å². The summed E-state index contributed by atoms with van der Waals surface area (Å²) in [5.41, 5.74) is 1.53. The molecule has 0 fully saturated rings. The van der Waals surface area contributed by atoms with Gasteiger partial charge >= 0.3 is 0 Å². The van der Waals surface area contributed by atoms with Crippen molar-refractivity contribution in [1.82, 2.24) is 0 Å². The molecule has 1 heterocycles. The van der Waals surface area contributed by atoms with Gasteiger partial charge in [-0.25, -0.2) is 0 Å². The molecule has 2 rings (SSSR count). The highest BCUT2D eigenvalue weighted by atomic mass is 16.2. The Kier molecular flexibility index (Phi) is 4.55. The van der Waals surface area contributed by atoms with E-state index in [-0.39, 0.29) is 18.4 Å². The van der Waals surface area contributed by atoms with Crippen LogP contribution >= 0.6 is 0 Å². The highest BCUT2D eigenvalue weighted by molar-refractivity contribution is 6.09. The molecular formula is C15H20N2O2. The zero-order valence-electron chi connectivity index (χ0n) is 11.3. The molecule has 4 nitrogen and oxygen atoms in total. The predicted octanol–water partition coefficient (Wildman–Crippen LogP) is 2.94. The van der Waals surface area contributed by atoms with Crippen LogP contribution in [0.3, 0.4) is 0 Å². The van der Waals surface area contributed by atoms with Crippen LogP contribution in [0.15, 0.2) is 24.3 Å². The molecule has 0 saturated carbocycles. The van der Waals surface area contributed by atoms with Gasteiger partial charge in [-0.15, -0.1) is 0 Å². The number of fused-ring (bicyclic) bond motifs is 1. The minimum atomic E-state index is -0.124. The lowest BCUT2D eigenvalue weighted by Gasteiger charge is -2.29. The molecule has 1 aliphatic heterocycles. The summed E-state index contributed by atoms with van der Waals surface area (Å²) in [5, 5.41) is 2.79. The zero-order chi connectivity index (χ0) is 13.7. The molecule has 0 atom stereocenters. The number of hydrogen-bond acceptors (Lipinski definition) is 2. The van der Waals surface area contributed by atoms with Crippen LogP contribution in [0.25, 0.3) is 0 Å². The van der Waals surface area contributed by atoms with Gasteiger partial charge in [0.25, 0.3) is 0 Å². The fourth-order valence-electron chi connectivity index (χ4n) is 2.29. The van der Waals surface area contributed by atoms with Gasteiger partial charge in [-0.1, -0.05) is 38.3 Å². The molecule has 1 aromatic rings. The summed E-state index contributed by atoms with van der Waals surface area (Å²) >= 11 is 0. The van der Waals surface area contributed by atoms with E-state index >= 15 is 0 Å². The second kappa shape index (κ2) is 6.36. The van der Waals surface area contributed by atoms with Crippen LogP contribution in [0.1, 0.15) is 39.0 Å². The Balaban J connectivity index is 2.03. The monoisotopic (exact) mass is 260 g/mol. The van der Waals surface area contributed by atoms with E-state index in [1.165, 1.54) is 0 Å². The number of carbonyl (C=O) groups excluding carboxylic acids is 2. The van der Waals surface area contributed by atoms with Crippen LogP contribution in [0.5, 0.6) is 0 Å². The number of para-hydroxylation sites is 2. The predicted molar refractivity (Wildman–Crippen MR) is 76.2 cm³/mol. The van der Waals surface area contributed by atoms with E-state index in [2.05, 4.69) is 12.2 Å². The molecule has 19 heavy (non-hydrogen) atoms. The summed E-state index contributed by atoms with van der Waals surface area (Å²) in [4.78, 5) is 25.4. The third kappa shape index (κ3) is 3.34. The lowest BCUT2D eigenvalue weighted by molar-refractivity contribution is -0.122. The van der Waals surface area contributed by atoms with Gasteiger partial charge in [-0.3, -0.25) is 9.59 Å².